The molecule has 0 bridgehead atoms. The lowest BCUT2D eigenvalue weighted by atomic mass is 10.1. The Kier molecular flexibility index (Phi) is 5.13. The first-order chi connectivity index (χ1) is 9.99. The Bertz CT molecular complexity index is 513. The predicted molar refractivity (Wildman–Crippen MR) is 79.7 cm³/mol. The zero-order valence-electron chi connectivity index (χ0n) is 12.1. The topological polar surface area (TPSA) is 94.6 Å². The molecule has 1 aromatic heterocycles. The number of carboxylic acids is 1. The summed E-state index contributed by atoms with van der Waals surface area (Å²) in [6.07, 6.45) is 1.89. The molecule has 116 valence electrons. The van der Waals surface area contributed by atoms with Crippen molar-refractivity contribution in [1.29, 1.82) is 0 Å². The van der Waals surface area contributed by atoms with Crippen molar-refractivity contribution in [2.45, 2.75) is 31.8 Å². The van der Waals surface area contributed by atoms with E-state index in [1.54, 1.807) is 18.9 Å². The third-order valence-corrected chi connectivity index (χ3v) is 4.66. The van der Waals surface area contributed by atoms with E-state index in [0.29, 0.717) is 5.01 Å². The number of nitrogens with one attached hydrogen (secondary N) is 2. The van der Waals surface area contributed by atoms with E-state index in [4.69, 9.17) is 5.11 Å². The van der Waals surface area contributed by atoms with Gasteiger partial charge in [-0.15, -0.1) is 11.3 Å². The van der Waals surface area contributed by atoms with Gasteiger partial charge in [0, 0.05) is 18.5 Å². The molecule has 0 radical (unpaired) electrons. The van der Waals surface area contributed by atoms with Crippen LogP contribution in [-0.4, -0.2) is 53.2 Å². The average Bonchev–Trinajstić information content (AvgIpc) is 2.97. The molecule has 1 aliphatic heterocycles. The van der Waals surface area contributed by atoms with Crippen molar-refractivity contribution >= 4 is 23.3 Å². The quantitative estimate of drug-likeness (QED) is 0.779. The van der Waals surface area contributed by atoms with Crippen LogP contribution in [-0.2, 0) is 0 Å². The van der Waals surface area contributed by atoms with E-state index in [2.05, 4.69) is 15.6 Å². The highest BCUT2D eigenvalue weighted by Crippen LogP contribution is 2.19. The van der Waals surface area contributed by atoms with Crippen LogP contribution >= 0.6 is 11.3 Å². The van der Waals surface area contributed by atoms with Crippen LogP contribution in [0.4, 0.5) is 4.79 Å². The van der Waals surface area contributed by atoms with Crippen molar-refractivity contribution in [2.24, 2.45) is 0 Å². The molecule has 0 saturated carbocycles. The van der Waals surface area contributed by atoms with Crippen LogP contribution in [0.5, 0.6) is 0 Å². The van der Waals surface area contributed by atoms with Crippen molar-refractivity contribution in [3.63, 3.8) is 0 Å². The van der Waals surface area contributed by atoms with E-state index in [1.807, 2.05) is 0 Å². The summed E-state index contributed by atoms with van der Waals surface area (Å²) in [4.78, 5) is 28.8. The molecule has 2 heterocycles. The Morgan fingerprint density at radius 1 is 1.52 bits per heavy atom. The first-order valence-corrected chi connectivity index (χ1v) is 7.79. The SMILES string of the molecule is CC(NC(=O)N(C)C1CCNCC1)c1nc(C(=O)O)cs1. The smallest absolute Gasteiger partial charge is 0.355 e. The van der Waals surface area contributed by atoms with E-state index in [0.717, 1.165) is 25.9 Å². The fourth-order valence-electron chi connectivity index (χ4n) is 2.29. The molecule has 3 N–H and O–H groups in total. The molecule has 1 aromatic rings. The summed E-state index contributed by atoms with van der Waals surface area (Å²) in [6, 6.07) is -0.217. The van der Waals surface area contributed by atoms with Gasteiger partial charge in [-0.25, -0.2) is 14.6 Å². The molecule has 0 aromatic carbocycles. The summed E-state index contributed by atoms with van der Waals surface area (Å²) in [5, 5.41) is 17.1. The van der Waals surface area contributed by atoms with Gasteiger partial charge in [-0.05, 0) is 32.9 Å². The van der Waals surface area contributed by atoms with Crippen molar-refractivity contribution in [3.8, 4) is 0 Å². The third kappa shape index (κ3) is 3.92. The van der Waals surface area contributed by atoms with Crippen LogP contribution in [0.1, 0.15) is 41.3 Å². The molecule has 1 fully saturated rings. The summed E-state index contributed by atoms with van der Waals surface area (Å²) < 4.78 is 0. The van der Waals surface area contributed by atoms with Gasteiger partial charge in [0.2, 0.25) is 0 Å². The molecule has 1 atom stereocenters. The molecule has 0 aliphatic carbocycles. The van der Waals surface area contributed by atoms with E-state index in [-0.39, 0.29) is 23.8 Å². The third-order valence-electron chi connectivity index (χ3n) is 3.63. The molecular weight excluding hydrogens is 292 g/mol. The standard InChI is InChI=1S/C13H20N4O3S/c1-8(11-16-10(7-21-11)12(18)19)15-13(20)17(2)9-3-5-14-6-4-9/h7-9,14H,3-6H2,1-2H3,(H,15,20)(H,18,19). The Balaban J connectivity index is 1.92. The number of piperidine rings is 1. The molecular formula is C13H20N4O3S. The van der Waals surface area contributed by atoms with E-state index in [9.17, 15) is 9.59 Å². The van der Waals surface area contributed by atoms with Gasteiger partial charge in [0.05, 0.1) is 6.04 Å². The summed E-state index contributed by atoms with van der Waals surface area (Å²) in [5.74, 6) is -1.05. The van der Waals surface area contributed by atoms with Gasteiger partial charge >= 0.3 is 12.0 Å². The van der Waals surface area contributed by atoms with Gasteiger partial charge in [0.15, 0.2) is 5.69 Å². The number of aromatic carboxylic acids is 1. The van der Waals surface area contributed by atoms with Crippen molar-refractivity contribution in [2.75, 3.05) is 20.1 Å². The largest absolute Gasteiger partial charge is 0.476 e. The molecule has 1 unspecified atom stereocenters. The number of aromatic nitrogens is 1. The molecule has 7 nitrogen and oxygen atoms in total. The number of nitrogens with zero attached hydrogens (tertiary/aromatic N) is 2. The lowest BCUT2D eigenvalue weighted by Gasteiger charge is -2.32. The average molecular weight is 312 g/mol. The number of carbonyl (C=O) groups is 2. The van der Waals surface area contributed by atoms with E-state index in [1.165, 1.54) is 16.7 Å². The van der Waals surface area contributed by atoms with Crippen LogP contribution in [0.25, 0.3) is 0 Å². The zero-order valence-corrected chi connectivity index (χ0v) is 12.9. The number of rotatable bonds is 4. The minimum atomic E-state index is -1.05. The maximum Gasteiger partial charge on any atom is 0.355 e. The lowest BCUT2D eigenvalue weighted by Crippen LogP contribution is -2.48. The second kappa shape index (κ2) is 6.86. The number of amides is 2. The van der Waals surface area contributed by atoms with Crippen LogP contribution in [0.2, 0.25) is 0 Å². The van der Waals surface area contributed by atoms with E-state index < -0.39 is 5.97 Å². The predicted octanol–water partition coefficient (Wildman–Crippen LogP) is 1.30. The first-order valence-electron chi connectivity index (χ1n) is 6.91. The van der Waals surface area contributed by atoms with Gasteiger partial charge in [-0.2, -0.15) is 0 Å². The molecule has 8 heteroatoms. The fourth-order valence-corrected chi connectivity index (χ4v) is 3.09. The van der Waals surface area contributed by atoms with Crippen LogP contribution in [0, 0.1) is 0 Å². The second-order valence-electron chi connectivity index (χ2n) is 5.14. The number of hydrogen-bond acceptors (Lipinski definition) is 5. The highest BCUT2D eigenvalue weighted by atomic mass is 32.1. The number of carboxylic acid groups (broad SMARTS) is 1. The Hall–Kier alpha value is -1.67. The van der Waals surface area contributed by atoms with Gasteiger partial charge in [-0.3, -0.25) is 0 Å². The van der Waals surface area contributed by atoms with Gasteiger partial charge in [-0.1, -0.05) is 0 Å². The Labute approximate surface area is 127 Å². The summed E-state index contributed by atoms with van der Waals surface area (Å²) in [7, 11) is 1.79. The normalized spacial score (nSPS) is 17.2. The molecule has 0 spiro atoms. The van der Waals surface area contributed by atoms with Crippen molar-refractivity contribution in [1.82, 2.24) is 20.5 Å². The fraction of sp³-hybridized carbons (Fsp3) is 0.615. The molecule has 21 heavy (non-hydrogen) atoms. The number of hydrogen-bond donors (Lipinski definition) is 3. The van der Waals surface area contributed by atoms with Crippen LogP contribution in [0.3, 0.4) is 0 Å². The number of carbonyl (C=O) groups excluding carboxylic acids is 1. The summed E-state index contributed by atoms with van der Waals surface area (Å²) in [5.41, 5.74) is 0.0165. The minimum Gasteiger partial charge on any atom is -0.476 e. The van der Waals surface area contributed by atoms with Gasteiger partial charge < -0.3 is 20.6 Å². The molecule has 2 rings (SSSR count). The first kappa shape index (κ1) is 15.7. The van der Waals surface area contributed by atoms with Crippen molar-refractivity contribution < 1.29 is 14.7 Å². The summed E-state index contributed by atoms with van der Waals surface area (Å²) >= 11 is 1.24. The maximum atomic E-state index is 12.2. The molecule has 2 amide bonds. The lowest BCUT2D eigenvalue weighted by molar-refractivity contribution is 0.0691. The van der Waals surface area contributed by atoms with Crippen LogP contribution < -0.4 is 10.6 Å². The van der Waals surface area contributed by atoms with Crippen molar-refractivity contribution in [3.05, 3.63) is 16.1 Å². The highest BCUT2D eigenvalue weighted by molar-refractivity contribution is 7.09. The summed E-state index contributed by atoms with van der Waals surface area (Å²) in [6.45, 7) is 3.65. The second-order valence-corrected chi connectivity index (χ2v) is 6.03. The maximum absolute atomic E-state index is 12.2. The van der Waals surface area contributed by atoms with Gasteiger partial charge in [0.1, 0.15) is 5.01 Å². The molecule has 1 aliphatic rings. The minimum absolute atomic E-state index is 0.0165. The monoisotopic (exact) mass is 312 g/mol. The zero-order chi connectivity index (χ0) is 15.4. The van der Waals surface area contributed by atoms with E-state index >= 15 is 0 Å². The van der Waals surface area contributed by atoms with Gasteiger partial charge in [0.25, 0.3) is 0 Å². The number of thiazole rings is 1. The number of urea groups is 1. The Morgan fingerprint density at radius 3 is 2.76 bits per heavy atom. The molecule has 1 saturated heterocycles. The van der Waals surface area contributed by atoms with Crippen LogP contribution in [0.15, 0.2) is 5.38 Å². The highest BCUT2D eigenvalue weighted by Gasteiger charge is 2.24. The Morgan fingerprint density at radius 2 is 2.19 bits per heavy atom.